The lowest BCUT2D eigenvalue weighted by Crippen LogP contribution is -2.28. The van der Waals surface area contributed by atoms with E-state index in [0.29, 0.717) is 17.9 Å². The van der Waals surface area contributed by atoms with Crippen molar-refractivity contribution in [3.8, 4) is 11.4 Å². The Bertz CT molecular complexity index is 567. The minimum absolute atomic E-state index is 0.284. The molecule has 0 fully saturated rings. The van der Waals surface area contributed by atoms with Crippen molar-refractivity contribution in [1.29, 1.82) is 0 Å². The van der Waals surface area contributed by atoms with Gasteiger partial charge in [-0.15, -0.1) is 10.2 Å². The summed E-state index contributed by atoms with van der Waals surface area (Å²) >= 11 is 3.24. The smallest absolute Gasteiger partial charge is 0.167 e. The summed E-state index contributed by atoms with van der Waals surface area (Å²) in [6.45, 7) is 2.31. The average molecular weight is 297 g/mol. The zero-order valence-corrected chi connectivity index (χ0v) is 10.5. The highest BCUT2D eigenvalue weighted by molar-refractivity contribution is 9.10. The molecule has 0 bridgehead atoms. The molecule has 2 heterocycles. The van der Waals surface area contributed by atoms with Gasteiger partial charge in [0.2, 0.25) is 0 Å². The second-order valence-corrected chi connectivity index (χ2v) is 4.81. The first-order valence-corrected chi connectivity index (χ1v) is 6.13. The maximum absolute atomic E-state index is 13.9. The molecule has 0 amide bonds. The molecule has 0 unspecified atom stereocenters. The van der Waals surface area contributed by atoms with Crippen LogP contribution in [-0.4, -0.2) is 21.3 Å². The van der Waals surface area contributed by atoms with Crippen molar-refractivity contribution in [2.45, 2.75) is 13.1 Å². The van der Waals surface area contributed by atoms with Gasteiger partial charge in [-0.1, -0.05) is 15.9 Å². The van der Waals surface area contributed by atoms with Gasteiger partial charge in [-0.2, -0.15) is 0 Å². The van der Waals surface area contributed by atoms with Crippen molar-refractivity contribution in [2.24, 2.45) is 0 Å². The molecule has 0 aliphatic carbocycles. The molecule has 1 aliphatic heterocycles. The summed E-state index contributed by atoms with van der Waals surface area (Å²) in [5, 5.41) is 11.3. The zero-order chi connectivity index (χ0) is 11.8. The molecule has 1 N–H and O–H groups in total. The third-order valence-corrected chi connectivity index (χ3v) is 3.29. The highest BCUT2D eigenvalue weighted by atomic mass is 79.9. The first-order chi connectivity index (χ1) is 8.25. The molecule has 0 saturated carbocycles. The lowest BCUT2D eigenvalue weighted by Gasteiger charge is -2.16. The molecule has 0 radical (unpaired) electrons. The number of rotatable bonds is 1. The summed E-state index contributed by atoms with van der Waals surface area (Å²) in [5.41, 5.74) is 0.494. The molecule has 0 spiro atoms. The summed E-state index contributed by atoms with van der Waals surface area (Å²) in [6.07, 6.45) is 0. The van der Waals surface area contributed by atoms with E-state index in [1.54, 1.807) is 12.1 Å². The number of fused-ring (bicyclic) bond motifs is 1. The SMILES string of the molecule is Fc1cc(Br)ccc1-c1nnc2n1CCNC2. The third-order valence-electron chi connectivity index (χ3n) is 2.79. The van der Waals surface area contributed by atoms with Crippen LogP contribution in [0.1, 0.15) is 5.82 Å². The van der Waals surface area contributed by atoms with Crippen molar-refractivity contribution in [2.75, 3.05) is 6.54 Å². The van der Waals surface area contributed by atoms with Gasteiger partial charge < -0.3 is 9.88 Å². The Morgan fingerprint density at radius 2 is 2.24 bits per heavy atom. The minimum Gasteiger partial charge on any atom is -0.309 e. The maximum Gasteiger partial charge on any atom is 0.167 e. The number of aromatic nitrogens is 3. The van der Waals surface area contributed by atoms with Crippen LogP contribution in [0.4, 0.5) is 4.39 Å². The van der Waals surface area contributed by atoms with Crippen LogP contribution in [0, 0.1) is 5.82 Å². The number of nitrogens with one attached hydrogen (secondary N) is 1. The van der Waals surface area contributed by atoms with E-state index in [9.17, 15) is 4.39 Å². The van der Waals surface area contributed by atoms with E-state index >= 15 is 0 Å². The Kier molecular flexibility index (Phi) is 2.68. The topological polar surface area (TPSA) is 42.7 Å². The number of hydrogen-bond donors (Lipinski definition) is 1. The van der Waals surface area contributed by atoms with Crippen LogP contribution in [0.2, 0.25) is 0 Å². The largest absolute Gasteiger partial charge is 0.309 e. The van der Waals surface area contributed by atoms with Gasteiger partial charge in [-0.3, -0.25) is 0 Å². The lowest BCUT2D eigenvalue weighted by atomic mass is 10.2. The molecule has 4 nitrogen and oxygen atoms in total. The Morgan fingerprint density at radius 3 is 3.06 bits per heavy atom. The Balaban J connectivity index is 2.12. The van der Waals surface area contributed by atoms with Gasteiger partial charge in [-0.05, 0) is 18.2 Å². The molecule has 88 valence electrons. The number of benzene rings is 1. The average Bonchev–Trinajstić information content (AvgIpc) is 2.73. The van der Waals surface area contributed by atoms with Gasteiger partial charge in [0, 0.05) is 17.6 Å². The van der Waals surface area contributed by atoms with E-state index in [1.165, 1.54) is 6.07 Å². The molecule has 0 saturated heterocycles. The Morgan fingerprint density at radius 1 is 1.35 bits per heavy atom. The highest BCUT2D eigenvalue weighted by Gasteiger charge is 2.18. The van der Waals surface area contributed by atoms with E-state index in [2.05, 4.69) is 31.4 Å². The van der Waals surface area contributed by atoms with E-state index < -0.39 is 0 Å². The molecule has 0 atom stereocenters. The first-order valence-electron chi connectivity index (χ1n) is 5.34. The quantitative estimate of drug-likeness (QED) is 0.875. The lowest BCUT2D eigenvalue weighted by molar-refractivity contribution is 0.507. The fourth-order valence-electron chi connectivity index (χ4n) is 1.96. The molecule has 1 aromatic carbocycles. The van der Waals surface area contributed by atoms with Crippen LogP contribution in [0.25, 0.3) is 11.4 Å². The highest BCUT2D eigenvalue weighted by Crippen LogP contribution is 2.25. The monoisotopic (exact) mass is 296 g/mol. The summed E-state index contributed by atoms with van der Waals surface area (Å²) < 4.78 is 16.5. The predicted molar refractivity (Wildman–Crippen MR) is 64.8 cm³/mol. The van der Waals surface area contributed by atoms with Crippen LogP contribution in [-0.2, 0) is 13.1 Å². The molecule has 6 heteroatoms. The maximum atomic E-state index is 13.9. The van der Waals surface area contributed by atoms with Crippen LogP contribution >= 0.6 is 15.9 Å². The minimum atomic E-state index is -0.284. The van der Waals surface area contributed by atoms with Gasteiger partial charge in [-0.25, -0.2) is 4.39 Å². The predicted octanol–water partition coefficient (Wildman–Crippen LogP) is 1.95. The Hall–Kier alpha value is -1.27. The fourth-order valence-corrected chi connectivity index (χ4v) is 2.30. The van der Waals surface area contributed by atoms with Crippen molar-refractivity contribution >= 4 is 15.9 Å². The summed E-state index contributed by atoms with van der Waals surface area (Å²) in [6, 6.07) is 4.97. The number of hydrogen-bond acceptors (Lipinski definition) is 3. The Labute approximate surface area is 106 Å². The normalized spacial score (nSPS) is 14.7. The zero-order valence-electron chi connectivity index (χ0n) is 8.95. The van der Waals surface area contributed by atoms with Crippen LogP contribution in [0.5, 0.6) is 0 Å². The molecule has 2 aromatic rings. The molecule has 3 rings (SSSR count). The standard InChI is InChI=1S/C11H10BrFN4/c12-7-1-2-8(9(13)5-7)11-16-15-10-6-14-3-4-17(10)11/h1-2,5,14H,3-4,6H2. The van der Waals surface area contributed by atoms with E-state index in [-0.39, 0.29) is 5.82 Å². The molecular weight excluding hydrogens is 287 g/mol. The van der Waals surface area contributed by atoms with Crippen molar-refractivity contribution in [3.63, 3.8) is 0 Å². The van der Waals surface area contributed by atoms with Gasteiger partial charge in [0.1, 0.15) is 11.6 Å². The van der Waals surface area contributed by atoms with Crippen LogP contribution in [0.3, 0.4) is 0 Å². The second kappa shape index (κ2) is 4.19. The molecule has 1 aromatic heterocycles. The summed E-state index contributed by atoms with van der Waals surface area (Å²) in [5.74, 6) is 1.17. The molecule has 1 aliphatic rings. The summed E-state index contributed by atoms with van der Waals surface area (Å²) in [4.78, 5) is 0. The second-order valence-electron chi connectivity index (χ2n) is 3.89. The number of nitrogens with zero attached hydrogens (tertiary/aromatic N) is 3. The third kappa shape index (κ3) is 1.87. The van der Waals surface area contributed by atoms with Crippen molar-refractivity contribution < 1.29 is 4.39 Å². The van der Waals surface area contributed by atoms with Crippen molar-refractivity contribution in [1.82, 2.24) is 20.1 Å². The van der Waals surface area contributed by atoms with Gasteiger partial charge >= 0.3 is 0 Å². The van der Waals surface area contributed by atoms with Crippen LogP contribution in [0.15, 0.2) is 22.7 Å². The summed E-state index contributed by atoms with van der Waals surface area (Å²) in [7, 11) is 0. The van der Waals surface area contributed by atoms with E-state index in [1.807, 2.05) is 4.57 Å². The van der Waals surface area contributed by atoms with E-state index in [4.69, 9.17) is 0 Å². The van der Waals surface area contributed by atoms with Crippen LogP contribution < -0.4 is 5.32 Å². The van der Waals surface area contributed by atoms with E-state index in [0.717, 1.165) is 23.4 Å². The fraction of sp³-hybridized carbons (Fsp3) is 0.273. The van der Waals surface area contributed by atoms with Gasteiger partial charge in [0.15, 0.2) is 5.82 Å². The first kappa shape index (κ1) is 10.9. The van der Waals surface area contributed by atoms with Crippen molar-refractivity contribution in [3.05, 3.63) is 34.3 Å². The molecule has 17 heavy (non-hydrogen) atoms. The molecular formula is C11H10BrFN4. The van der Waals surface area contributed by atoms with Gasteiger partial charge in [0.25, 0.3) is 0 Å². The van der Waals surface area contributed by atoms with Gasteiger partial charge in [0.05, 0.1) is 12.1 Å². The number of halogens is 2.